The highest BCUT2D eigenvalue weighted by atomic mass is 32.2. The summed E-state index contributed by atoms with van der Waals surface area (Å²) >= 11 is 2.01. The molecule has 0 rings (SSSR count). The van der Waals surface area contributed by atoms with Crippen LogP contribution in [0, 0.1) is 27.1 Å². The van der Waals surface area contributed by atoms with Crippen molar-refractivity contribution in [2.24, 2.45) is 38.5 Å². The van der Waals surface area contributed by atoms with Gasteiger partial charge in [0.1, 0.15) is 0 Å². The number of nitrogens with two attached hydrogens (primary N) is 2. The molecule has 0 heterocycles. The lowest BCUT2D eigenvalue weighted by molar-refractivity contribution is 0.0118. The first-order valence-electron chi connectivity index (χ1n) is 12.4. The Kier molecular flexibility index (Phi) is 10.4. The summed E-state index contributed by atoms with van der Waals surface area (Å²) < 4.78 is 0.233. The van der Waals surface area contributed by atoms with E-state index >= 15 is 0 Å². The lowest BCUT2D eigenvalue weighted by Gasteiger charge is -2.52. The van der Waals surface area contributed by atoms with E-state index in [1.165, 1.54) is 32.1 Å². The summed E-state index contributed by atoms with van der Waals surface area (Å²) in [6, 6.07) is 0. The van der Waals surface area contributed by atoms with Crippen LogP contribution in [-0.2, 0) is 0 Å². The summed E-state index contributed by atoms with van der Waals surface area (Å²) in [5.41, 5.74) is 13.8. The fraction of sp³-hybridized carbons (Fsp3) is 1.00. The standard InChI is InChI=1S/C28H60N2S/c1-22(2,3)15-23(4,5)17-28(19-25(8,9)21-29,20-27(12,13)31-14)18-24(6,7)16-26(10,11)30/h15-21,29-30H2,1-14H3. The van der Waals surface area contributed by atoms with Crippen molar-refractivity contribution < 1.29 is 0 Å². The third-order valence-corrected chi connectivity index (χ3v) is 7.66. The minimum absolute atomic E-state index is 0.126. The van der Waals surface area contributed by atoms with Gasteiger partial charge in [0.2, 0.25) is 0 Å². The normalized spacial score (nSPS) is 17.0. The van der Waals surface area contributed by atoms with Crippen molar-refractivity contribution in [2.45, 2.75) is 139 Å². The van der Waals surface area contributed by atoms with Gasteiger partial charge in [-0.2, -0.15) is 11.8 Å². The Hall–Kier alpha value is 0.270. The van der Waals surface area contributed by atoms with Crippen LogP contribution in [0.5, 0.6) is 0 Å². The summed E-state index contributed by atoms with van der Waals surface area (Å²) in [6.07, 6.45) is 9.35. The van der Waals surface area contributed by atoms with E-state index in [-0.39, 0.29) is 31.9 Å². The van der Waals surface area contributed by atoms with Gasteiger partial charge in [0, 0.05) is 10.3 Å². The van der Waals surface area contributed by atoms with Crippen LogP contribution < -0.4 is 11.5 Å². The van der Waals surface area contributed by atoms with Crippen molar-refractivity contribution in [3.63, 3.8) is 0 Å². The molecule has 188 valence electrons. The van der Waals surface area contributed by atoms with Crippen molar-refractivity contribution in [1.82, 2.24) is 0 Å². The van der Waals surface area contributed by atoms with Crippen molar-refractivity contribution in [1.29, 1.82) is 0 Å². The molecule has 0 spiro atoms. The summed E-state index contributed by atoms with van der Waals surface area (Å²) in [7, 11) is 0. The predicted molar refractivity (Wildman–Crippen MR) is 146 cm³/mol. The highest BCUT2D eigenvalue weighted by molar-refractivity contribution is 7.99. The molecule has 0 saturated heterocycles. The molecule has 0 amide bonds. The molecule has 0 aromatic heterocycles. The van der Waals surface area contributed by atoms with Crippen LogP contribution in [0.15, 0.2) is 0 Å². The SMILES string of the molecule is CSC(C)(C)CC(CC(C)(C)CN)(CC(C)(C)CC(C)(C)C)CC(C)(C)CC(C)(C)N. The molecule has 1 atom stereocenters. The van der Waals surface area contributed by atoms with E-state index in [1.54, 1.807) is 0 Å². The minimum Gasteiger partial charge on any atom is -0.330 e. The fourth-order valence-electron chi connectivity index (χ4n) is 7.26. The topological polar surface area (TPSA) is 52.0 Å². The maximum atomic E-state index is 6.53. The van der Waals surface area contributed by atoms with Crippen LogP contribution in [0.3, 0.4) is 0 Å². The number of hydrogen-bond acceptors (Lipinski definition) is 3. The second-order valence-corrected chi connectivity index (χ2v) is 17.3. The Labute approximate surface area is 201 Å². The van der Waals surface area contributed by atoms with Gasteiger partial charge in [0.25, 0.3) is 0 Å². The largest absolute Gasteiger partial charge is 0.330 e. The average molecular weight is 457 g/mol. The van der Waals surface area contributed by atoms with E-state index < -0.39 is 0 Å². The molecule has 0 aliphatic heterocycles. The van der Waals surface area contributed by atoms with Crippen LogP contribution in [0.2, 0.25) is 0 Å². The zero-order chi connectivity index (χ0) is 25.2. The minimum atomic E-state index is -0.158. The molecular formula is C28H60N2S. The second kappa shape index (κ2) is 10.3. The number of rotatable bonds is 13. The lowest BCUT2D eigenvalue weighted by atomic mass is 9.55. The van der Waals surface area contributed by atoms with Crippen LogP contribution in [0.1, 0.15) is 129 Å². The maximum Gasteiger partial charge on any atom is 0.0106 e. The van der Waals surface area contributed by atoms with Crippen LogP contribution in [-0.4, -0.2) is 23.1 Å². The number of hydrogen-bond donors (Lipinski definition) is 2. The summed E-state index contributed by atoms with van der Waals surface area (Å²) in [5.74, 6) is 0. The lowest BCUT2D eigenvalue weighted by Crippen LogP contribution is -2.45. The Morgan fingerprint density at radius 2 is 0.935 bits per heavy atom. The van der Waals surface area contributed by atoms with Gasteiger partial charge in [-0.25, -0.2) is 0 Å². The van der Waals surface area contributed by atoms with Crippen LogP contribution in [0.25, 0.3) is 0 Å². The molecular weight excluding hydrogens is 396 g/mol. The van der Waals surface area contributed by atoms with Gasteiger partial charge in [-0.3, -0.25) is 0 Å². The first-order chi connectivity index (χ1) is 13.4. The molecule has 0 aliphatic rings. The Balaban J connectivity index is 6.48. The highest BCUT2D eigenvalue weighted by Gasteiger charge is 2.47. The molecule has 1 unspecified atom stereocenters. The number of thioether (sulfide) groups is 1. The van der Waals surface area contributed by atoms with Gasteiger partial charge in [-0.1, -0.05) is 76.2 Å². The fourth-order valence-corrected chi connectivity index (χ4v) is 7.71. The monoisotopic (exact) mass is 456 g/mol. The van der Waals surface area contributed by atoms with Crippen molar-refractivity contribution in [3.05, 3.63) is 0 Å². The van der Waals surface area contributed by atoms with Crippen molar-refractivity contribution in [3.8, 4) is 0 Å². The molecule has 4 N–H and O–H groups in total. The summed E-state index contributed by atoms with van der Waals surface area (Å²) in [5, 5.41) is 0. The van der Waals surface area contributed by atoms with E-state index in [0.717, 1.165) is 13.0 Å². The average Bonchev–Trinajstić information content (AvgIpc) is 2.38. The molecule has 0 aliphatic carbocycles. The second-order valence-electron chi connectivity index (χ2n) is 15.8. The molecule has 31 heavy (non-hydrogen) atoms. The molecule has 0 saturated carbocycles. The maximum absolute atomic E-state index is 6.53. The Morgan fingerprint density at radius 3 is 1.26 bits per heavy atom. The zero-order valence-electron chi connectivity index (χ0n) is 24.0. The molecule has 0 radical (unpaired) electrons. The molecule has 0 bridgehead atoms. The van der Waals surface area contributed by atoms with Gasteiger partial charge in [-0.05, 0) is 92.2 Å². The van der Waals surface area contributed by atoms with E-state index in [2.05, 4.69) is 96.3 Å². The van der Waals surface area contributed by atoms with Gasteiger partial charge < -0.3 is 11.5 Å². The molecule has 0 aromatic carbocycles. The van der Waals surface area contributed by atoms with Gasteiger partial charge >= 0.3 is 0 Å². The summed E-state index contributed by atoms with van der Waals surface area (Å²) in [6.45, 7) is 31.7. The first kappa shape index (κ1) is 31.3. The van der Waals surface area contributed by atoms with E-state index in [0.29, 0.717) is 5.41 Å². The molecule has 2 nitrogen and oxygen atoms in total. The summed E-state index contributed by atoms with van der Waals surface area (Å²) in [4.78, 5) is 0. The quantitative estimate of drug-likeness (QED) is 0.293. The predicted octanol–water partition coefficient (Wildman–Crippen LogP) is 8.28. The Morgan fingerprint density at radius 1 is 0.548 bits per heavy atom. The van der Waals surface area contributed by atoms with Gasteiger partial charge in [0.15, 0.2) is 0 Å². The highest BCUT2D eigenvalue weighted by Crippen LogP contribution is 2.56. The van der Waals surface area contributed by atoms with Crippen LogP contribution in [0.4, 0.5) is 0 Å². The van der Waals surface area contributed by atoms with E-state index in [1.807, 2.05) is 11.8 Å². The smallest absolute Gasteiger partial charge is 0.0106 e. The van der Waals surface area contributed by atoms with E-state index in [4.69, 9.17) is 11.5 Å². The van der Waals surface area contributed by atoms with Crippen molar-refractivity contribution in [2.75, 3.05) is 12.8 Å². The first-order valence-corrected chi connectivity index (χ1v) is 13.6. The van der Waals surface area contributed by atoms with Gasteiger partial charge in [0.05, 0.1) is 0 Å². The molecule has 0 fully saturated rings. The molecule has 0 aromatic rings. The third-order valence-electron chi connectivity index (χ3n) is 6.41. The van der Waals surface area contributed by atoms with E-state index in [9.17, 15) is 0 Å². The Bertz CT molecular complexity index is 494. The van der Waals surface area contributed by atoms with Crippen LogP contribution >= 0.6 is 11.8 Å². The zero-order valence-corrected chi connectivity index (χ0v) is 24.8. The third kappa shape index (κ3) is 13.5. The van der Waals surface area contributed by atoms with Gasteiger partial charge in [-0.15, -0.1) is 0 Å². The van der Waals surface area contributed by atoms with Crippen molar-refractivity contribution >= 4 is 11.8 Å². The molecule has 3 heteroatoms.